The molecule has 0 amide bonds. The van der Waals surface area contributed by atoms with Gasteiger partial charge < -0.3 is 9.15 Å². The first-order valence-corrected chi connectivity index (χ1v) is 7.38. The maximum atomic E-state index is 5.75. The van der Waals surface area contributed by atoms with Crippen LogP contribution in [-0.4, -0.2) is 9.97 Å². The molecule has 0 aliphatic heterocycles. The number of para-hydroxylation sites is 2. The van der Waals surface area contributed by atoms with Gasteiger partial charge in [0, 0.05) is 18.8 Å². The largest absolute Gasteiger partial charge is 0.457 e. The molecule has 0 N–H and O–H groups in total. The van der Waals surface area contributed by atoms with Crippen molar-refractivity contribution in [3.8, 4) is 11.5 Å². The summed E-state index contributed by atoms with van der Waals surface area (Å²) < 4.78 is 11.5. The molecule has 0 bridgehead atoms. The van der Waals surface area contributed by atoms with Crippen molar-refractivity contribution in [3.63, 3.8) is 0 Å². The Morgan fingerprint density at radius 1 is 0.826 bits per heavy atom. The number of ether oxygens (including phenoxy) is 1. The van der Waals surface area contributed by atoms with Gasteiger partial charge in [0.2, 0.25) is 0 Å². The molecule has 4 heteroatoms. The van der Waals surface area contributed by atoms with E-state index in [1.807, 2.05) is 60.7 Å². The lowest BCUT2D eigenvalue weighted by molar-refractivity contribution is 0.481. The second kappa shape index (κ2) is 5.93. The predicted molar refractivity (Wildman–Crippen MR) is 87.6 cm³/mol. The fourth-order valence-electron chi connectivity index (χ4n) is 2.39. The van der Waals surface area contributed by atoms with E-state index in [9.17, 15) is 0 Å². The van der Waals surface area contributed by atoms with Gasteiger partial charge in [0.15, 0.2) is 11.5 Å². The Bertz CT molecular complexity index is 882. The van der Waals surface area contributed by atoms with Crippen LogP contribution in [0, 0.1) is 0 Å². The van der Waals surface area contributed by atoms with Crippen molar-refractivity contribution in [1.82, 2.24) is 9.97 Å². The monoisotopic (exact) mass is 302 g/mol. The molecule has 0 saturated carbocycles. The summed E-state index contributed by atoms with van der Waals surface area (Å²) in [5, 5.41) is 0. The molecular weight excluding hydrogens is 288 g/mol. The van der Waals surface area contributed by atoms with Gasteiger partial charge in [0.1, 0.15) is 17.0 Å². The smallest absolute Gasteiger partial charge is 0.199 e. The molecule has 0 fully saturated rings. The summed E-state index contributed by atoms with van der Waals surface area (Å²) in [5.74, 6) is 2.28. The highest BCUT2D eigenvalue weighted by atomic mass is 16.5. The van der Waals surface area contributed by atoms with Gasteiger partial charge >= 0.3 is 0 Å². The second-order valence-electron chi connectivity index (χ2n) is 5.18. The second-order valence-corrected chi connectivity index (χ2v) is 5.18. The number of nitrogens with zero attached hydrogens (tertiary/aromatic N) is 2. The van der Waals surface area contributed by atoms with E-state index in [1.165, 1.54) is 0 Å². The quantitative estimate of drug-likeness (QED) is 0.552. The summed E-state index contributed by atoms with van der Waals surface area (Å²) in [6.07, 6.45) is 4.07. The summed E-state index contributed by atoms with van der Waals surface area (Å²) >= 11 is 0. The molecule has 2 heterocycles. The average Bonchev–Trinajstić information content (AvgIpc) is 3.00. The van der Waals surface area contributed by atoms with Crippen LogP contribution in [0.2, 0.25) is 0 Å². The Labute approximate surface area is 133 Å². The van der Waals surface area contributed by atoms with Gasteiger partial charge in [-0.1, -0.05) is 24.3 Å². The minimum absolute atomic E-state index is 0.657. The van der Waals surface area contributed by atoms with E-state index >= 15 is 0 Å². The van der Waals surface area contributed by atoms with Crippen LogP contribution >= 0.6 is 0 Å². The molecule has 23 heavy (non-hydrogen) atoms. The third-order valence-electron chi connectivity index (χ3n) is 3.50. The molecule has 0 atom stereocenters. The minimum Gasteiger partial charge on any atom is -0.457 e. The molecule has 4 rings (SSSR count). The number of hydrogen-bond donors (Lipinski definition) is 0. The fourth-order valence-corrected chi connectivity index (χ4v) is 2.39. The summed E-state index contributed by atoms with van der Waals surface area (Å²) in [6.45, 7) is 0. The molecule has 0 unspecified atom stereocenters. The van der Waals surface area contributed by atoms with Crippen LogP contribution in [-0.2, 0) is 6.42 Å². The number of pyridine rings is 1. The van der Waals surface area contributed by atoms with E-state index < -0.39 is 0 Å². The fraction of sp³-hybridized carbons (Fsp3) is 0.0526. The van der Waals surface area contributed by atoms with Crippen molar-refractivity contribution in [2.75, 3.05) is 0 Å². The van der Waals surface area contributed by atoms with Gasteiger partial charge in [0.25, 0.3) is 0 Å². The SMILES string of the molecule is c1ccc2oc(Cc3ccc(Oc4ccncc4)cc3)nc2c1. The van der Waals surface area contributed by atoms with Gasteiger partial charge in [-0.15, -0.1) is 0 Å². The maximum Gasteiger partial charge on any atom is 0.199 e. The van der Waals surface area contributed by atoms with Crippen molar-refractivity contribution < 1.29 is 9.15 Å². The van der Waals surface area contributed by atoms with Crippen molar-refractivity contribution in [2.45, 2.75) is 6.42 Å². The summed E-state index contributed by atoms with van der Waals surface area (Å²) in [7, 11) is 0. The molecule has 2 aromatic carbocycles. The summed E-state index contributed by atoms with van der Waals surface area (Å²) in [4.78, 5) is 8.46. The van der Waals surface area contributed by atoms with E-state index in [-0.39, 0.29) is 0 Å². The van der Waals surface area contributed by atoms with Crippen LogP contribution in [0.1, 0.15) is 11.5 Å². The van der Waals surface area contributed by atoms with Crippen molar-refractivity contribution in [1.29, 1.82) is 0 Å². The number of oxazole rings is 1. The Morgan fingerprint density at radius 3 is 2.35 bits per heavy atom. The predicted octanol–water partition coefficient (Wildman–Crippen LogP) is 4.61. The van der Waals surface area contributed by atoms with E-state index in [2.05, 4.69) is 9.97 Å². The first kappa shape index (κ1) is 13.5. The highest BCUT2D eigenvalue weighted by Gasteiger charge is 2.06. The van der Waals surface area contributed by atoms with Gasteiger partial charge in [0.05, 0.1) is 0 Å². The first-order valence-electron chi connectivity index (χ1n) is 7.38. The number of rotatable bonds is 4. The first-order chi connectivity index (χ1) is 11.4. The zero-order valence-corrected chi connectivity index (χ0v) is 12.3. The topological polar surface area (TPSA) is 48.2 Å². The molecule has 4 aromatic rings. The Hall–Kier alpha value is -3.14. The lowest BCUT2D eigenvalue weighted by Gasteiger charge is -2.05. The molecule has 0 radical (unpaired) electrons. The molecule has 0 saturated heterocycles. The Balaban J connectivity index is 1.49. The van der Waals surface area contributed by atoms with E-state index in [4.69, 9.17) is 9.15 Å². The summed E-state index contributed by atoms with van der Waals surface area (Å²) in [5.41, 5.74) is 2.83. The Kier molecular flexibility index (Phi) is 3.48. The molecule has 2 aromatic heterocycles. The third kappa shape index (κ3) is 3.06. The minimum atomic E-state index is 0.657. The molecular formula is C19H14N2O2. The Morgan fingerprint density at radius 2 is 1.57 bits per heavy atom. The molecule has 0 aliphatic carbocycles. The number of benzene rings is 2. The third-order valence-corrected chi connectivity index (χ3v) is 3.50. The normalized spacial score (nSPS) is 10.8. The van der Waals surface area contributed by atoms with Crippen LogP contribution in [0.25, 0.3) is 11.1 Å². The number of hydrogen-bond acceptors (Lipinski definition) is 4. The van der Waals surface area contributed by atoms with Gasteiger partial charge in [-0.3, -0.25) is 4.98 Å². The summed E-state index contributed by atoms with van der Waals surface area (Å²) in [6, 6.07) is 19.4. The molecule has 0 aliphatic rings. The highest BCUT2D eigenvalue weighted by Crippen LogP contribution is 2.22. The molecule has 0 spiro atoms. The van der Waals surface area contributed by atoms with Crippen LogP contribution < -0.4 is 4.74 Å². The van der Waals surface area contributed by atoms with Gasteiger partial charge in [-0.2, -0.15) is 0 Å². The van der Waals surface area contributed by atoms with E-state index in [0.29, 0.717) is 12.3 Å². The zero-order chi connectivity index (χ0) is 15.5. The maximum absolute atomic E-state index is 5.75. The molecule has 112 valence electrons. The zero-order valence-electron chi connectivity index (χ0n) is 12.3. The van der Waals surface area contributed by atoms with Crippen molar-refractivity contribution >= 4 is 11.1 Å². The average molecular weight is 302 g/mol. The highest BCUT2D eigenvalue weighted by molar-refractivity contribution is 5.72. The van der Waals surface area contributed by atoms with Crippen molar-refractivity contribution in [3.05, 3.63) is 84.5 Å². The van der Waals surface area contributed by atoms with Gasteiger partial charge in [-0.25, -0.2) is 4.98 Å². The lowest BCUT2D eigenvalue weighted by Crippen LogP contribution is -1.89. The van der Waals surface area contributed by atoms with Crippen molar-refractivity contribution in [2.24, 2.45) is 0 Å². The van der Waals surface area contributed by atoms with E-state index in [1.54, 1.807) is 12.4 Å². The van der Waals surface area contributed by atoms with Crippen LogP contribution in [0.3, 0.4) is 0 Å². The van der Waals surface area contributed by atoms with Crippen LogP contribution in [0.5, 0.6) is 11.5 Å². The van der Waals surface area contributed by atoms with Crippen LogP contribution in [0.15, 0.2) is 77.5 Å². The van der Waals surface area contributed by atoms with Gasteiger partial charge in [-0.05, 0) is 42.0 Å². The lowest BCUT2D eigenvalue weighted by atomic mass is 10.1. The number of aromatic nitrogens is 2. The van der Waals surface area contributed by atoms with Crippen LogP contribution in [0.4, 0.5) is 0 Å². The van der Waals surface area contributed by atoms with E-state index in [0.717, 1.165) is 28.2 Å². The standard InChI is InChI=1S/C19H14N2O2/c1-2-4-18-17(3-1)21-19(23-18)13-14-5-7-15(8-6-14)22-16-9-11-20-12-10-16/h1-12H,13H2. The number of fused-ring (bicyclic) bond motifs is 1. The molecule has 4 nitrogen and oxygen atoms in total.